The molecular weight excluding hydrogens is 791 g/mol. The first-order chi connectivity index (χ1) is 30.5. The lowest BCUT2D eigenvalue weighted by molar-refractivity contribution is -0.124. The molecule has 10 nitrogen and oxygen atoms in total. The highest BCUT2D eigenvalue weighted by molar-refractivity contribution is 5.86. The predicted octanol–water partition coefficient (Wildman–Crippen LogP) is 13.6. The second kappa shape index (κ2) is 45.3. The first-order valence-electron chi connectivity index (χ1n) is 26.9. The lowest BCUT2D eigenvalue weighted by atomic mass is 10.0. The third-order valence-electron chi connectivity index (χ3n) is 12.2. The van der Waals surface area contributed by atoms with Crippen molar-refractivity contribution in [3.05, 3.63) is 0 Å². The van der Waals surface area contributed by atoms with E-state index in [9.17, 15) is 19.5 Å². The largest absolute Gasteiger partial charge is 0.446 e. The molecule has 3 amide bonds. The molecule has 0 rings (SSSR count). The molecule has 0 aromatic heterocycles. The molecule has 0 saturated carbocycles. The van der Waals surface area contributed by atoms with Gasteiger partial charge in [0.2, 0.25) is 11.8 Å². The van der Waals surface area contributed by atoms with Gasteiger partial charge in [0.05, 0.1) is 31.5 Å². The SMILES string of the molecule is CCCCCCCCCCCCCCCCCCC(CCCCCCCCCCCCCCCCC)OC(=O)N[C@H](CCC(=O)NCCOC(C)(C)CO)C(=O)NCCOC(C)C. The van der Waals surface area contributed by atoms with E-state index < -0.39 is 17.7 Å². The Hall–Kier alpha value is -1.91. The summed E-state index contributed by atoms with van der Waals surface area (Å²) in [5.41, 5.74) is -0.687. The highest BCUT2D eigenvalue weighted by Crippen LogP contribution is 2.19. The minimum absolute atomic E-state index is 0.0391. The lowest BCUT2D eigenvalue weighted by Crippen LogP contribution is -2.48. The number of hydrogen-bond acceptors (Lipinski definition) is 7. The van der Waals surface area contributed by atoms with Crippen LogP contribution in [0.5, 0.6) is 0 Å². The summed E-state index contributed by atoms with van der Waals surface area (Å²) in [5.74, 6) is -0.608. The van der Waals surface area contributed by atoms with Gasteiger partial charge in [-0.15, -0.1) is 0 Å². The summed E-state index contributed by atoms with van der Waals surface area (Å²) in [6.45, 7) is 13.1. The summed E-state index contributed by atoms with van der Waals surface area (Å²) in [4.78, 5) is 39.4. The summed E-state index contributed by atoms with van der Waals surface area (Å²) in [6, 6.07) is -0.922. The molecule has 1 unspecified atom stereocenters. The Morgan fingerprint density at radius 3 is 1.29 bits per heavy atom. The molecule has 0 bridgehead atoms. The molecule has 0 saturated heterocycles. The fourth-order valence-corrected chi connectivity index (χ4v) is 8.04. The molecule has 0 aromatic carbocycles. The first kappa shape index (κ1) is 61.1. The fraction of sp³-hybridized carbons (Fsp3) is 0.943. The van der Waals surface area contributed by atoms with Gasteiger partial charge in [-0.05, 0) is 59.8 Å². The van der Waals surface area contributed by atoms with E-state index in [0.717, 1.165) is 38.5 Å². The van der Waals surface area contributed by atoms with Gasteiger partial charge in [0.15, 0.2) is 0 Å². The Bertz CT molecular complexity index is 1030. The second-order valence-electron chi connectivity index (χ2n) is 19.4. The highest BCUT2D eigenvalue weighted by Gasteiger charge is 2.24. The van der Waals surface area contributed by atoms with E-state index in [4.69, 9.17) is 14.2 Å². The van der Waals surface area contributed by atoms with Crippen molar-refractivity contribution in [2.24, 2.45) is 0 Å². The summed E-state index contributed by atoms with van der Waals surface area (Å²) < 4.78 is 17.3. The van der Waals surface area contributed by atoms with Gasteiger partial charge < -0.3 is 35.3 Å². The zero-order valence-corrected chi connectivity index (χ0v) is 42.4. The molecule has 10 heteroatoms. The van der Waals surface area contributed by atoms with Crippen LogP contribution < -0.4 is 16.0 Å². The Balaban J connectivity index is 4.95. The van der Waals surface area contributed by atoms with Gasteiger partial charge in [-0.25, -0.2) is 4.79 Å². The zero-order valence-electron chi connectivity index (χ0n) is 42.4. The Morgan fingerprint density at radius 1 is 0.524 bits per heavy atom. The Morgan fingerprint density at radius 2 is 0.905 bits per heavy atom. The van der Waals surface area contributed by atoms with E-state index in [1.54, 1.807) is 13.8 Å². The summed E-state index contributed by atoms with van der Waals surface area (Å²) in [7, 11) is 0. The van der Waals surface area contributed by atoms with Gasteiger partial charge >= 0.3 is 6.09 Å². The maximum Gasteiger partial charge on any atom is 0.408 e. The van der Waals surface area contributed by atoms with Crippen LogP contribution in [0, 0.1) is 0 Å². The summed E-state index contributed by atoms with van der Waals surface area (Å²) >= 11 is 0. The van der Waals surface area contributed by atoms with Crippen LogP contribution in [0.1, 0.15) is 266 Å². The quantitative estimate of drug-likeness (QED) is 0.0447. The summed E-state index contributed by atoms with van der Waals surface area (Å²) in [5, 5.41) is 17.9. The normalized spacial score (nSPS) is 12.7. The predicted molar refractivity (Wildman–Crippen MR) is 264 cm³/mol. The van der Waals surface area contributed by atoms with Crippen molar-refractivity contribution in [1.82, 2.24) is 16.0 Å². The topological polar surface area (TPSA) is 135 Å². The third-order valence-corrected chi connectivity index (χ3v) is 12.2. The van der Waals surface area contributed by atoms with Crippen LogP contribution in [0.25, 0.3) is 0 Å². The van der Waals surface area contributed by atoms with Crippen LogP contribution in [-0.4, -0.2) is 79.8 Å². The Labute approximate surface area is 389 Å². The number of rotatable bonds is 48. The number of alkyl carbamates (subject to hydrolysis) is 1. The molecule has 374 valence electrons. The van der Waals surface area contributed by atoms with Crippen LogP contribution in [0.3, 0.4) is 0 Å². The number of aliphatic hydroxyl groups is 1. The second-order valence-corrected chi connectivity index (χ2v) is 19.4. The van der Waals surface area contributed by atoms with Gasteiger partial charge in [0, 0.05) is 19.5 Å². The van der Waals surface area contributed by atoms with Crippen LogP contribution >= 0.6 is 0 Å². The first-order valence-corrected chi connectivity index (χ1v) is 26.9. The highest BCUT2D eigenvalue weighted by atomic mass is 16.6. The molecule has 4 N–H and O–H groups in total. The minimum atomic E-state index is -0.922. The molecular formula is C53H105N3O7. The molecule has 0 aliphatic heterocycles. The number of ether oxygens (including phenoxy) is 3. The maximum absolute atomic E-state index is 13.4. The van der Waals surface area contributed by atoms with Crippen LogP contribution in [0.15, 0.2) is 0 Å². The smallest absolute Gasteiger partial charge is 0.408 e. The molecule has 0 aliphatic rings. The third kappa shape index (κ3) is 43.7. The molecule has 0 fully saturated rings. The van der Waals surface area contributed by atoms with Gasteiger partial charge in [-0.3, -0.25) is 9.59 Å². The average molecular weight is 896 g/mol. The van der Waals surface area contributed by atoms with Crippen molar-refractivity contribution >= 4 is 17.9 Å². The zero-order chi connectivity index (χ0) is 46.5. The average Bonchev–Trinajstić information content (AvgIpc) is 3.26. The monoisotopic (exact) mass is 896 g/mol. The van der Waals surface area contributed by atoms with Crippen molar-refractivity contribution in [3.63, 3.8) is 0 Å². The van der Waals surface area contributed by atoms with E-state index in [2.05, 4.69) is 29.8 Å². The van der Waals surface area contributed by atoms with Crippen molar-refractivity contribution in [2.45, 2.75) is 290 Å². The van der Waals surface area contributed by atoms with E-state index in [-0.39, 0.29) is 56.6 Å². The van der Waals surface area contributed by atoms with E-state index in [1.807, 2.05) is 13.8 Å². The number of nitrogens with one attached hydrogen (secondary N) is 3. The van der Waals surface area contributed by atoms with Crippen LogP contribution in [-0.2, 0) is 23.8 Å². The van der Waals surface area contributed by atoms with Crippen molar-refractivity contribution in [2.75, 3.05) is 32.9 Å². The van der Waals surface area contributed by atoms with Crippen LogP contribution in [0.2, 0.25) is 0 Å². The minimum Gasteiger partial charge on any atom is -0.446 e. The van der Waals surface area contributed by atoms with Gasteiger partial charge in [0.1, 0.15) is 12.1 Å². The number of hydrogen-bond donors (Lipinski definition) is 4. The number of aliphatic hydroxyl groups excluding tert-OH is 1. The molecule has 0 aromatic rings. The van der Waals surface area contributed by atoms with E-state index in [1.165, 1.54) is 173 Å². The molecule has 63 heavy (non-hydrogen) atoms. The van der Waals surface area contributed by atoms with Gasteiger partial charge in [0.25, 0.3) is 0 Å². The Kier molecular flexibility index (Phi) is 43.9. The molecule has 0 spiro atoms. The van der Waals surface area contributed by atoms with Crippen molar-refractivity contribution in [1.29, 1.82) is 0 Å². The lowest BCUT2D eigenvalue weighted by Gasteiger charge is -2.23. The van der Waals surface area contributed by atoms with Gasteiger partial charge in [-0.1, -0.05) is 200 Å². The molecule has 0 heterocycles. The van der Waals surface area contributed by atoms with E-state index >= 15 is 0 Å². The number of carbonyl (C=O) groups is 3. The van der Waals surface area contributed by atoms with E-state index in [0.29, 0.717) is 13.2 Å². The molecule has 0 radical (unpaired) electrons. The standard InChI is InChI=1S/C53H105N3O7/c1-7-9-11-13-15-17-19-21-23-25-27-29-31-33-35-37-39-48(38-36-34-32-30-28-26-24-22-20-18-16-14-12-10-8-2)63-52(60)56-49(51(59)55-42-44-61-47(3)4)40-41-50(58)54-43-45-62-53(5,6)46-57/h47-49,57H,7-46H2,1-6H3,(H,54,58)(H,55,59)(H,56,60)/t48?,49-/m1/s1. The maximum atomic E-state index is 13.4. The van der Waals surface area contributed by atoms with Crippen molar-refractivity contribution < 1.29 is 33.7 Å². The number of amides is 3. The number of carbonyl (C=O) groups excluding carboxylic acids is 3. The van der Waals surface area contributed by atoms with Gasteiger partial charge in [-0.2, -0.15) is 0 Å². The molecule has 2 atom stereocenters. The van der Waals surface area contributed by atoms with Crippen LogP contribution in [0.4, 0.5) is 4.79 Å². The molecule has 0 aliphatic carbocycles. The number of unbranched alkanes of at least 4 members (excludes halogenated alkanes) is 29. The fourth-order valence-electron chi connectivity index (χ4n) is 8.04. The summed E-state index contributed by atoms with van der Waals surface area (Å²) in [6.07, 6.45) is 41.9. The van der Waals surface area contributed by atoms with Crippen molar-refractivity contribution in [3.8, 4) is 0 Å².